The molecule has 1 aromatic heterocycles. The van der Waals surface area contributed by atoms with E-state index in [-0.39, 0.29) is 28.9 Å². The van der Waals surface area contributed by atoms with Crippen LogP contribution in [0.3, 0.4) is 0 Å². The fourth-order valence-corrected chi connectivity index (χ4v) is 4.17. The number of carboxylic acids is 1. The molecule has 0 aliphatic rings. The zero-order chi connectivity index (χ0) is 29.9. The van der Waals surface area contributed by atoms with Crippen LogP contribution in [0.15, 0.2) is 101 Å². The average molecular weight is 574 g/mol. The summed E-state index contributed by atoms with van der Waals surface area (Å²) in [4.78, 5) is 28.9. The normalized spacial score (nSPS) is 11.6. The predicted octanol–water partition coefficient (Wildman–Crippen LogP) is 6.25. The molecule has 11 heteroatoms. The Hall–Kier alpha value is -5.45. The van der Waals surface area contributed by atoms with Gasteiger partial charge in [-0.1, -0.05) is 36.4 Å². The van der Waals surface area contributed by atoms with Gasteiger partial charge in [-0.2, -0.15) is 22.9 Å². The number of para-hydroxylation sites is 1. The molecule has 8 nitrogen and oxygen atoms in total. The van der Waals surface area contributed by atoms with Crippen LogP contribution in [-0.2, 0) is 12.8 Å². The van der Waals surface area contributed by atoms with Crippen molar-refractivity contribution in [3.05, 3.63) is 124 Å². The van der Waals surface area contributed by atoms with Crippen molar-refractivity contribution in [2.75, 3.05) is 7.11 Å². The number of halogens is 3. The number of hydrogen-bond donors (Lipinski definition) is 1. The highest BCUT2D eigenvalue weighted by atomic mass is 19.4. The van der Waals surface area contributed by atoms with E-state index in [1.54, 1.807) is 54.6 Å². The topological polar surface area (TPSA) is 103 Å². The van der Waals surface area contributed by atoms with Gasteiger partial charge in [0, 0.05) is 5.56 Å². The molecule has 1 heterocycles. The summed E-state index contributed by atoms with van der Waals surface area (Å²) < 4.78 is 52.5. The van der Waals surface area contributed by atoms with Crippen molar-refractivity contribution in [2.24, 2.45) is 5.10 Å². The molecule has 1 N–H and O–H groups in total. The Morgan fingerprint density at radius 1 is 0.976 bits per heavy atom. The molecular weight excluding hydrogens is 551 g/mol. The fourth-order valence-electron chi connectivity index (χ4n) is 4.17. The van der Waals surface area contributed by atoms with Gasteiger partial charge in [-0.15, -0.1) is 0 Å². The minimum atomic E-state index is -4.58. The lowest BCUT2D eigenvalue weighted by Crippen LogP contribution is -2.20. The van der Waals surface area contributed by atoms with Crippen molar-refractivity contribution < 1.29 is 32.5 Å². The molecule has 0 aliphatic carbocycles. The van der Waals surface area contributed by atoms with Crippen LogP contribution in [-0.4, -0.2) is 34.1 Å². The molecular formula is C31H22F3N3O5. The number of fused-ring (bicyclic) bond motifs is 1. The molecule has 0 aliphatic heterocycles. The van der Waals surface area contributed by atoms with Crippen LogP contribution < -0.4 is 15.0 Å². The average Bonchev–Trinajstić information content (AvgIpc) is 2.99. The monoisotopic (exact) mass is 573 g/mol. The maximum Gasteiger partial charge on any atom is 0.416 e. The van der Waals surface area contributed by atoms with Gasteiger partial charge >= 0.3 is 12.1 Å². The van der Waals surface area contributed by atoms with Crippen LogP contribution in [0.2, 0.25) is 0 Å². The van der Waals surface area contributed by atoms with E-state index >= 15 is 0 Å². The van der Waals surface area contributed by atoms with Gasteiger partial charge in [0.1, 0.15) is 6.61 Å². The molecule has 0 atom stereocenters. The fraction of sp³-hybridized carbons (Fsp3) is 0.0968. The third-order valence-corrected chi connectivity index (χ3v) is 6.31. The van der Waals surface area contributed by atoms with Crippen molar-refractivity contribution >= 4 is 23.1 Å². The quantitative estimate of drug-likeness (QED) is 0.220. The first-order valence-corrected chi connectivity index (χ1v) is 12.5. The first kappa shape index (κ1) is 28.1. The van der Waals surface area contributed by atoms with Crippen molar-refractivity contribution in [1.29, 1.82) is 0 Å². The zero-order valence-electron chi connectivity index (χ0n) is 22.0. The van der Waals surface area contributed by atoms with Crippen LogP contribution in [0, 0.1) is 0 Å². The van der Waals surface area contributed by atoms with E-state index in [1.807, 2.05) is 0 Å². The van der Waals surface area contributed by atoms with Crippen molar-refractivity contribution in [1.82, 2.24) is 9.66 Å². The second-order valence-electron chi connectivity index (χ2n) is 9.09. The predicted molar refractivity (Wildman–Crippen MR) is 150 cm³/mol. The maximum absolute atomic E-state index is 13.4. The number of hydrogen-bond acceptors (Lipinski definition) is 6. The summed E-state index contributed by atoms with van der Waals surface area (Å²) in [6.07, 6.45) is -3.21. The number of alkyl halides is 3. The number of carboxylic acid groups (broad SMARTS) is 1. The van der Waals surface area contributed by atoms with Crippen molar-refractivity contribution in [3.8, 4) is 22.9 Å². The Bertz CT molecular complexity index is 1870. The standard InChI is InChI=1S/C31H22F3N3O5/c1-41-27-15-20(11-14-26(27)42-18-19-9-12-21(13-10-19)30(39)40)17-35-37-28(22-5-4-6-23(16-22)31(32,33)34)36-25-8-3-2-7-24(25)29(37)38/h2-17H,18H2,1H3,(H,39,40). The van der Waals surface area contributed by atoms with Crippen molar-refractivity contribution in [3.63, 3.8) is 0 Å². The van der Waals surface area contributed by atoms with E-state index in [9.17, 15) is 22.8 Å². The molecule has 0 unspecified atom stereocenters. The number of aromatic carboxylic acids is 1. The number of nitrogens with zero attached hydrogens (tertiary/aromatic N) is 3. The molecule has 0 amide bonds. The first-order valence-electron chi connectivity index (χ1n) is 12.5. The Morgan fingerprint density at radius 3 is 2.45 bits per heavy atom. The second kappa shape index (κ2) is 11.6. The summed E-state index contributed by atoms with van der Waals surface area (Å²) in [5.41, 5.74) is 0.390. The number of rotatable bonds is 8. The third kappa shape index (κ3) is 5.99. The number of carbonyl (C=O) groups is 1. The molecule has 5 aromatic rings. The van der Waals surface area contributed by atoms with Crippen LogP contribution in [0.5, 0.6) is 11.5 Å². The van der Waals surface area contributed by atoms with Gasteiger partial charge in [-0.3, -0.25) is 4.79 Å². The van der Waals surface area contributed by atoms with E-state index in [0.717, 1.165) is 22.4 Å². The van der Waals surface area contributed by atoms with Gasteiger partial charge in [-0.25, -0.2) is 9.78 Å². The van der Waals surface area contributed by atoms with E-state index in [1.165, 1.54) is 37.6 Å². The molecule has 212 valence electrons. The Morgan fingerprint density at radius 2 is 1.74 bits per heavy atom. The van der Waals surface area contributed by atoms with Crippen LogP contribution in [0.4, 0.5) is 13.2 Å². The SMILES string of the molecule is COc1cc(C=Nn2c(-c3cccc(C(F)(F)F)c3)nc3ccccc3c2=O)ccc1OCc1ccc(C(=O)O)cc1. The van der Waals surface area contributed by atoms with E-state index in [2.05, 4.69) is 10.1 Å². The van der Waals surface area contributed by atoms with Gasteiger partial charge in [0.05, 0.1) is 35.4 Å². The minimum Gasteiger partial charge on any atom is -0.493 e. The lowest BCUT2D eigenvalue weighted by Gasteiger charge is -2.13. The Balaban J connectivity index is 1.47. The summed E-state index contributed by atoms with van der Waals surface area (Å²) in [6.45, 7) is 0.155. The van der Waals surface area contributed by atoms with Crippen LogP contribution in [0.1, 0.15) is 27.0 Å². The molecule has 42 heavy (non-hydrogen) atoms. The number of benzene rings is 4. The van der Waals surface area contributed by atoms with E-state index in [4.69, 9.17) is 14.6 Å². The number of methoxy groups -OCH3 is 1. The molecule has 4 aromatic carbocycles. The van der Waals surface area contributed by atoms with E-state index < -0.39 is 23.3 Å². The highest BCUT2D eigenvalue weighted by Gasteiger charge is 2.31. The number of aromatic nitrogens is 2. The Kier molecular flexibility index (Phi) is 7.74. The molecule has 0 fully saturated rings. The highest BCUT2D eigenvalue weighted by molar-refractivity contribution is 5.87. The van der Waals surface area contributed by atoms with Crippen LogP contribution in [0.25, 0.3) is 22.3 Å². The molecule has 5 rings (SSSR count). The lowest BCUT2D eigenvalue weighted by molar-refractivity contribution is -0.137. The highest BCUT2D eigenvalue weighted by Crippen LogP contribution is 2.32. The van der Waals surface area contributed by atoms with Gasteiger partial charge in [0.2, 0.25) is 0 Å². The maximum atomic E-state index is 13.4. The summed E-state index contributed by atoms with van der Waals surface area (Å²) >= 11 is 0. The minimum absolute atomic E-state index is 0.0538. The lowest BCUT2D eigenvalue weighted by atomic mass is 10.1. The summed E-state index contributed by atoms with van der Waals surface area (Å²) in [6, 6.07) is 22.2. The second-order valence-corrected chi connectivity index (χ2v) is 9.09. The van der Waals surface area contributed by atoms with Crippen molar-refractivity contribution in [2.45, 2.75) is 12.8 Å². The zero-order valence-corrected chi connectivity index (χ0v) is 22.0. The first-order chi connectivity index (χ1) is 20.1. The van der Waals surface area contributed by atoms with Gasteiger partial charge in [0.25, 0.3) is 5.56 Å². The molecule has 0 saturated carbocycles. The van der Waals surface area contributed by atoms with Crippen LogP contribution >= 0.6 is 0 Å². The summed E-state index contributed by atoms with van der Waals surface area (Å²) in [5.74, 6) is -0.304. The molecule has 0 radical (unpaired) electrons. The smallest absolute Gasteiger partial charge is 0.416 e. The summed E-state index contributed by atoms with van der Waals surface area (Å²) in [7, 11) is 1.45. The van der Waals surface area contributed by atoms with Gasteiger partial charge < -0.3 is 14.6 Å². The molecule has 0 spiro atoms. The molecule has 0 bridgehead atoms. The summed E-state index contributed by atoms with van der Waals surface area (Å²) in [5, 5.41) is 13.6. The Labute approximate surface area is 236 Å². The third-order valence-electron chi connectivity index (χ3n) is 6.31. The van der Waals surface area contributed by atoms with Gasteiger partial charge in [0.15, 0.2) is 17.3 Å². The van der Waals surface area contributed by atoms with E-state index in [0.29, 0.717) is 22.6 Å². The molecule has 0 saturated heterocycles. The largest absolute Gasteiger partial charge is 0.493 e. The number of ether oxygens (including phenoxy) is 2. The van der Waals surface area contributed by atoms with Gasteiger partial charge in [-0.05, 0) is 65.7 Å².